The number of hydrogen-bond acceptors (Lipinski definition) is 5. The van der Waals surface area contributed by atoms with Gasteiger partial charge in [0.15, 0.2) is 0 Å². The lowest BCUT2D eigenvalue weighted by Gasteiger charge is -2.17. The van der Waals surface area contributed by atoms with Crippen molar-refractivity contribution in [3.05, 3.63) is 89.5 Å². The van der Waals surface area contributed by atoms with Crippen LogP contribution in [0.5, 0.6) is 0 Å². The predicted octanol–water partition coefficient (Wildman–Crippen LogP) is 3.48. The second kappa shape index (κ2) is 12.7. The molecule has 3 aromatic rings. The highest BCUT2D eigenvalue weighted by Gasteiger charge is 2.24. The highest BCUT2D eigenvalue weighted by Crippen LogP contribution is 2.15. The first kappa shape index (κ1) is 27.4. The highest BCUT2D eigenvalue weighted by molar-refractivity contribution is 6.01. The summed E-state index contributed by atoms with van der Waals surface area (Å²) in [5.41, 5.74) is 2.93. The van der Waals surface area contributed by atoms with Crippen LogP contribution in [0.4, 0.5) is 21.9 Å². The van der Waals surface area contributed by atoms with Gasteiger partial charge in [0.05, 0.1) is 18.4 Å². The van der Waals surface area contributed by atoms with Gasteiger partial charge >= 0.3 is 18.0 Å². The van der Waals surface area contributed by atoms with E-state index in [-0.39, 0.29) is 17.7 Å². The molecule has 0 fully saturated rings. The molecular weight excluding hydrogens is 492 g/mol. The van der Waals surface area contributed by atoms with E-state index in [1.165, 1.54) is 24.3 Å². The highest BCUT2D eigenvalue weighted by atomic mass is 16.4. The molecule has 0 aliphatic carbocycles. The summed E-state index contributed by atoms with van der Waals surface area (Å²) in [6.07, 6.45) is -0.782. The average Bonchev–Trinajstić information content (AvgIpc) is 2.86. The Hall–Kier alpha value is -5.19. The van der Waals surface area contributed by atoms with Crippen LogP contribution in [0.3, 0.4) is 0 Å². The summed E-state index contributed by atoms with van der Waals surface area (Å²) in [5, 5.41) is 28.5. The molecule has 0 saturated carbocycles. The van der Waals surface area contributed by atoms with E-state index in [0.29, 0.717) is 16.9 Å². The zero-order chi connectivity index (χ0) is 27.7. The number of aryl methyl sites for hydroxylation is 1. The maximum atomic E-state index is 12.6. The number of para-hydroxylation sites is 1. The molecule has 11 heteroatoms. The molecule has 1 unspecified atom stereocenters. The fourth-order valence-electron chi connectivity index (χ4n) is 3.44. The van der Waals surface area contributed by atoms with Gasteiger partial charge in [-0.25, -0.2) is 9.59 Å². The fraction of sp³-hybridized carbons (Fsp3) is 0.148. The lowest BCUT2D eigenvalue weighted by molar-refractivity contribution is -0.139. The van der Waals surface area contributed by atoms with E-state index in [2.05, 4.69) is 21.3 Å². The molecule has 0 aromatic heterocycles. The van der Waals surface area contributed by atoms with Crippen LogP contribution in [0, 0.1) is 6.92 Å². The molecule has 3 aromatic carbocycles. The zero-order valence-corrected chi connectivity index (χ0v) is 20.4. The van der Waals surface area contributed by atoms with Crippen LogP contribution < -0.4 is 21.3 Å². The van der Waals surface area contributed by atoms with Gasteiger partial charge in [0, 0.05) is 17.1 Å². The van der Waals surface area contributed by atoms with E-state index in [0.717, 1.165) is 5.56 Å². The number of carboxylic acids is 2. The number of aliphatic carboxylic acids is 1. The molecule has 0 heterocycles. The Bertz CT molecular complexity index is 1340. The van der Waals surface area contributed by atoms with Crippen LogP contribution >= 0.6 is 0 Å². The second-order valence-electron chi connectivity index (χ2n) is 8.36. The standard InChI is InChI=1S/C27H26N4O7/c1-16-4-2-3-5-21(16)31-27(38)29-20-10-6-17(7-11-20)14-23(32)30-22(15-24(33)34)25(35)28-19-12-8-18(9-13-19)26(36)37/h2-13,22H,14-15H2,1H3,(H,28,35)(H,30,32)(H,33,34)(H,36,37)(H2,29,31,38). The molecular formula is C27H26N4O7. The number of rotatable bonds is 10. The van der Waals surface area contributed by atoms with Gasteiger partial charge in [0.1, 0.15) is 6.04 Å². The number of amides is 4. The van der Waals surface area contributed by atoms with Crippen molar-refractivity contribution in [2.45, 2.75) is 25.8 Å². The van der Waals surface area contributed by atoms with Crippen LogP contribution in [-0.2, 0) is 20.8 Å². The lowest BCUT2D eigenvalue weighted by atomic mass is 10.1. The average molecular weight is 519 g/mol. The zero-order valence-electron chi connectivity index (χ0n) is 20.4. The molecule has 196 valence electrons. The molecule has 11 nitrogen and oxygen atoms in total. The first-order valence-corrected chi connectivity index (χ1v) is 11.5. The molecule has 0 spiro atoms. The second-order valence-corrected chi connectivity index (χ2v) is 8.36. The van der Waals surface area contributed by atoms with E-state index in [1.54, 1.807) is 30.3 Å². The summed E-state index contributed by atoms with van der Waals surface area (Å²) in [5.74, 6) is -3.76. The SMILES string of the molecule is Cc1ccccc1NC(=O)Nc1ccc(CC(=O)NC(CC(=O)O)C(=O)Nc2ccc(C(=O)O)cc2)cc1. The Kier molecular flexibility index (Phi) is 9.14. The molecule has 3 rings (SSSR count). The fourth-order valence-corrected chi connectivity index (χ4v) is 3.44. The normalized spacial score (nSPS) is 11.1. The summed E-state index contributed by atoms with van der Waals surface area (Å²) < 4.78 is 0. The van der Waals surface area contributed by atoms with Crippen molar-refractivity contribution < 1.29 is 34.2 Å². The Morgan fingerprint density at radius 3 is 1.97 bits per heavy atom. The molecule has 0 saturated heterocycles. The van der Waals surface area contributed by atoms with Crippen LogP contribution in [0.25, 0.3) is 0 Å². The van der Waals surface area contributed by atoms with Gasteiger partial charge < -0.3 is 31.5 Å². The van der Waals surface area contributed by atoms with Crippen molar-refractivity contribution in [2.75, 3.05) is 16.0 Å². The maximum absolute atomic E-state index is 12.6. The van der Waals surface area contributed by atoms with Crippen LogP contribution in [0.2, 0.25) is 0 Å². The van der Waals surface area contributed by atoms with E-state index in [1.807, 2.05) is 25.1 Å². The molecule has 4 amide bonds. The lowest BCUT2D eigenvalue weighted by Crippen LogP contribution is -2.45. The van der Waals surface area contributed by atoms with Gasteiger partial charge in [0.25, 0.3) is 0 Å². The topological polar surface area (TPSA) is 174 Å². The molecule has 38 heavy (non-hydrogen) atoms. The van der Waals surface area contributed by atoms with Crippen molar-refractivity contribution in [3.63, 3.8) is 0 Å². The number of carbonyl (C=O) groups excluding carboxylic acids is 3. The largest absolute Gasteiger partial charge is 0.481 e. The molecule has 0 aliphatic heterocycles. The van der Waals surface area contributed by atoms with Crippen LogP contribution in [0.1, 0.15) is 27.9 Å². The predicted molar refractivity (Wildman–Crippen MR) is 140 cm³/mol. The minimum atomic E-state index is -1.36. The van der Waals surface area contributed by atoms with Crippen molar-refractivity contribution >= 4 is 46.8 Å². The third kappa shape index (κ3) is 8.19. The molecule has 1 atom stereocenters. The van der Waals surface area contributed by atoms with Crippen molar-refractivity contribution in [2.24, 2.45) is 0 Å². The monoisotopic (exact) mass is 518 g/mol. The van der Waals surface area contributed by atoms with E-state index in [9.17, 15) is 29.1 Å². The van der Waals surface area contributed by atoms with Crippen LogP contribution in [0.15, 0.2) is 72.8 Å². The van der Waals surface area contributed by atoms with Gasteiger partial charge in [-0.1, -0.05) is 30.3 Å². The Balaban J connectivity index is 1.56. The summed E-state index contributed by atoms with van der Waals surface area (Å²) in [7, 11) is 0. The van der Waals surface area contributed by atoms with Crippen molar-refractivity contribution in [3.8, 4) is 0 Å². The Morgan fingerprint density at radius 2 is 1.37 bits per heavy atom. The van der Waals surface area contributed by atoms with Crippen LogP contribution in [-0.4, -0.2) is 46.0 Å². The molecule has 0 bridgehead atoms. The number of aromatic carboxylic acids is 1. The van der Waals surface area contributed by atoms with Gasteiger partial charge in [-0.15, -0.1) is 0 Å². The van der Waals surface area contributed by atoms with Gasteiger partial charge in [-0.05, 0) is 60.5 Å². The first-order valence-electron chi connectivity index (χ1n) is 11.5. The summed E-state index contributed by atoms with van der Waals surface area (Å²) in [4.78, 5) is 59.6. The maximum Gasteiger partial charge on any atom is 0.335 e. The number of nitrogens with one attached hydrogen (secondary N) is 4. The number of urea groups is 1. The van der Waals surface area contributed by atoms with Gasteiger partial charge in [-0.3, -0.25) is 14.4 Å². The summed E-state index contributed by atoms with van der Waals surface area (Å²) in [6.45, 7) is 1.87. The molecule has 0 aliphatic rings. The Labute approximate surface area is 217 Å². The van der Waals surface area contributed by atoms with Gasteiger partial charge in [0.2, 0.25) is 11.8 Å². The third-order valence-corrected chi connectivity index (χ3v) is 5.40. The smallest absolute Gasteiger partial charge is 0.335 e. The summed E-state index contributed by atoms with van der Waals surface area (Å²) >= 11 is 0. The number of carbonyl (C=O) groups is 5. The Morgan fingerprint density at radius 1 is 0.763 bits per heavy atom. The number of anilines is 3. The van der Waals surface area contributed by atoms with E-state index in [4.69, 9.17) is 5.11 Å². The first-order chi connectivity index (χ1) is 18.1. The minimum absolute atomic E-state index is 0.0199. The van der Waals surface area contributed by atoms with Gasteiger partial charge in [-0.2, -0.15) is 0 Å². The summed E-state index contributed by atoms with van der Waals surface area (Å²) in [6, 6.07) is 17.3. The van der Waals surface area contributed by atoms with Crippen molar-refractivity contribution in [1.82, 2.24) is 5.32 Å². The molecule has 6 N–H and O–H groups in total. The van der Waals surface area contributed by atoms with E-state index < -0.39 is 42.2 Å². The number of carboxylic acid groups (broad SMARTS) is 2. The molecule has 0 radical (unpaired) electrons. The van der Waals surface area contributed by atoms with Crippen molar-refractivity contribution in [1.29, 1.82) is 0 Å². The number of hydrogen-bond donors (Lipinski definition) is 6. The number of benzene rings is 3. The van der Waals surface area contributed by atoms with E-state index >= 15 is 0 Å². The quantitative estimate of drug-likeness (QED) is 0.238. The third-order valence-electron chi connectivity index (χ3n) is 5.40. The minimum Gasteiger partial charge on any atom is -0.481 e.